The zero-order valence-corrected chi connectivity index (χ0v) is 13.7. The molecule has 0 radical (unpaired) electrons. The Kier molecular flexibility index (Phi) is 4.78. The van der Waals surface area contributed by atoms with Gasteiger partial charge in [-0.25, -0.2) is 0 Å². The first-order chi connectivity index (χ1) is 10.6. The molecule has 3 fully saturated rings. The summed E-state index contributed by atoms with van der Waals surface area (Å²) in [5.74, 6) is 1.41. The molecule has 22 heavy (non-hydrogen) atoms. The van der Waals surface area contributed by atoms with Gasteiger partial charge in [0.25, 0.3) is 0 Å². The number of carbonyl (C=O) groups is 1. The number of aryl methyl sites for hydroxylation is 1. The van der Waals surface area contributed by atoms with E-state index in [0.717, 1.165) is 52.1 Å². The van der Waals surface area contributed by atoms with Crippen molar-refractivity contribution in [3.05, 3.63) is 12.3 Å². The van der Waals surface area contributed by atoms with Gasteiger partial charge in [0.15, 0.2) is 5.82 Å². The molecule has 1 aromatic heterocycles. The van der Waals surface area contributed by atoms with Crippen molar-refractivity contribution in [2.45, 2.75) is 39.3 Å². The summed E-state index contributed by atoms with van der Waals surface area (Å²) in [6.07, 6.45) is 4.20. The number of fused-ring (bicyclic) bond motifs is 4. The second-order valence-electron chi connectivity index (χ2n) is 6.84. The average Bonchev–Trinajstić information content (AvgIpc) is 2.70. The molecule has 1 amide bonds. The lowest BCUT2D eigenvalue weighted by Gasteiger charge is -2.36. The van der Waals surface area contributed by atoms with Crippen molar-refractivity contribution >= 4 is 11.7 Å². The van der Waals surface area contributed by atoms with Crippen molar-refractivity contribution in [3.8, 4) is 0 Å². The van der Waals surface area contributed by atoms with Gasteiger partial charge in [0, 0.05) is 45.0 Å². The minimum atomic E-state index is -0.0305. The Labute approximate surface area is 132 Å². The number of nitrogens with zero attached hydrogens (tertiary/aromatic N) is 4. The smallest absolute Gasteiger partial charge is 0.244 e. The lowest BCUT2D eigenvalue weighted by molar-refractivity contribution is -0.122. The van der Waals surface area contributed by atoms with Crippen LogP contribution in [0.2, 0.25) is 0 Å². The third-order valence-electron chi connectivity index (χ3n) is 4.63. The molecule has 3 unspecified atom stereocenters. The van der Waals surface area contributed by atoms with E-state index >= 15 is 0 Å². The molecule has 1 aromatic rings. The number of anilines is 1. The number of piperazine rings is 1. The van der Waals surface area contributed by atoms with Crippen LogP contribution in [0.5, 0.6) is 0 Å². The van der Waals surface area contributed by atoms with E-state index in [2.05, 4.69) is 34.1 Å². The predicted molar refractivity (Wildman–Crippen MR) is 86.7 cm³/mol. The first kappa shape index (κ1) is 15.5. The molecule has 0 aromatic carbocycles. The summed E-state index contributed by atoms with van der Waals surface area (Å²) in [6.45, 7) is 10.4. The van der Waals surface area contributed by atoms with Crippen LogP contribution in [-0.4, -0.2) is 64.3 Å². The van der Waals surface area contributed by atoms with Crippen LogP contribution in [-0.2, 0) is 11.3 Å². The van der Waals surface area contributed by atoms with Crippen molar-refractivity contribution in [1.82, 2.24) is 19.6 Å². The number of hydrogen-bond acceptors (Lipinski definition) is 4. The molecular weight excluding hydrogens is 278 g/mol. The third-order valence-corrected chi connectivity index (χ3v) is 4.63. The predicted octanol–water partition coefficient (Wildman–Crippen LogP) is 1.26. The van der Waals surface area contributed by atoms with Gasteiger partial charge in [0.2, 0.25) is 5.91 Å². The Morgan fingerprint density at radius 2 is 2.23 bits per heavy atom. The van der Waals surface area contributed by atoms with Gasteiger partial charge >= 0.3 is 0 Å². The first-order valence-corrected chi connectivity index (χ1v) is 8.42. The summed E-state index contributed by atoms with van der Waals surface area (Å²) in [5, 5.41) is 7.45. The fraction of sp³-hybridized carbons (Fsp3) is 0.750. The fourth-order valence-corrected chi connectivity index (χ4v) is 3.25. The van der Waals surface area contributed by atoms with E-state index in [4.69, 9.17) is 0 Å². The molecule has 6 nitrogen and oxygen atoms in total. The van der Waals surface area contributed by atoms with E-state index in [-0.39, 0.29) is 11.9 Å². The van der Waals surface area contributed by atoms with Gasteiger partial charge in [-0.1, -0.05) is 13.8 Å². The average molecular weight is 305 g/mol. The Hall–Kier alpha value is -1.40. The van der Waals surface area contributed by atoms with Crippen LogP contribution in [0.3, 0.4) is 0 Å². The summed E-state index contributed by atoms with van der Waals surface area (Å²) >= 11 is 0. The second kappa shape index (κ2) is 6.79. The first-order valence-electron chi connectivity index (χ1n) is 8.42. The van der Waals surface area contributed by atoms with E-state index < -0.39 is 0 Å². The van der Waals surface area contributed by atoms with Gasteiger partial charge in [0.1, 0.15) is 6.04 Å². The van der Waals surface area contributed by atoms with Crippen molar-refractivity contribution < 1.29 is 4.79 Å². The molecule has 2 bridgehead atoms. The Balaban J connectivity index is 1.57. The van der Waals surface area contributed by atoms with Gasteiger partial charge in [-0.2, -0.15) is 5.10 Å². The number of amides is 1. The lowest BCUT2D eigenvalue weighted by Crippen LogP contribution is -2.55. The minimum absolute atomic E-state index is 0.0305. The zero-order valence-electron chi connectivity index (χ0n) is 13.7. The second-order valence-corrected chi connectivity index (χ2v) is 6.84. The van der Waals surface area contributed by atoms with Gasteiger partial charge in [-0.3, -0.25) is 19.3 Å². The maximum atomic E-state index is 12.6. The molecule has 4 heterocycles. The number of nitrogens with one attached hydrogen (secondary N) is 1. The third kappa shape index (κ3) is 3.67. The van der Waals surface area contributed by atoms with Gasteiger partial charge in [-0.05, 0) is 25.3 Å². The largest absolute Gasteiger partial charge is 0.308 e. The molecule has 122 valence electrons. The van der Waals surface area contributed by atoms with Crippen LogP contribution >= 0.6 is 0 Å². The van der Waals surface area contributed by atoms with Gasteiger partial charge in [0.05, 0.1) is 0 Å². The molecule has 3 atom stereocenters. The highest BCUT2D eigenvalue weighted by molar-refractivity contribution is 5.94. The monoisotopic (exact) mass is 305 g/mol. The van der Waals surface area contributed by atoms with Crippen molar-refractivity contribution in [2.75, 3.05) is 38.0 Å². The number of carbonyl (C=O) groups excluding carboxylic acids is 1. The summed E-state index contributed by atoms with van der Waals surface area (Å²) in [5.41, 5.74) is 0. The number of rotatable bonds is 5. The Bertz CT molecular complexity index is 508. The standard InChI is InChI=1S/C16H27N5O/c1-13(2)4-8-21-9-5-15(18-21)17-16(22)14-12-19-6-3-7-20(14)11-10-19/h5,9,13-14H,3-4,6-8,10-12H2,1-2H3,(H,17,18,22). The SMILES string of the molecule is CC(C)CCn1ccc(NC(=O)C2CN3CCCN2CC3)n1. The van der Waals surface area contributed by atoms with Crippen LogP contribution in [0.15, 0.2) is 12.3 Å². The minimum Gasteiger partial charge on any atom is -0.308 e. The van der Waals surface area contributed by atoms with Crippen molar-refractivity contribution in [2.24, 2.45) is 5.92 Å². The molecule has 0 aliphatic carbocycles. The maximum absolute atomic E-state index is 12.6. The van der Waals surface area contributed by atoms with Crippen LogP contribution in [0, 0.1) is 5.92 Å². The Morgan fingerprint density at radius 3 is 3.05 bits per heavy atom. The van der Waals surface area contributed by atoms with Crippen molar-refractivity contribution in [3.63, 3.8) is 0 Å². The fourth-order valence-electron chi connectivity index (χ4n) is 3.25. The van der Waals surface area contributed by atoms with E-state index in [1.807, 2.05) is 16.9 Å². The zero-order chi connectivity index (χ0) is 15.5. The topological polar surface area (TPSA) is 53.4 Å². The highest BCUT2D eigenvalue weighted by Gasteiger charge is 2.34. The maximum Gasteiger partial charge on any atom is 0.244 e. The molecule has 1 N–H and O–H groups in total. The normalized spacial score (nSPS) is 27.9. The highest BCUT2D eigenvalue weighted by Crippen LogP contribution is 2.17. The molecule has 4 rings (SSSR count). The molecule has 3 aliphatic rings. The van der Waals surface area contributed by atoms with E-state index in [1.165, 1.54) is 0 Å². The molecule has 6 heteroatoms. The summed E-state index contributed by atoms with van der Waals surface area (Å²) in [6, 6.07) is 1.86. The molecule has 3 saturated heterocycles. The van der Waals surface area contributed by atoms with Crippen LogP contribution in [0.4, 0.5) is 5.82 Å². The summed E-state index contributed by atoms with van der Waals surface area (Å²) in [7, 11) is 0. The number of aromatic nitrogens is 2. The van der Waals surface area contributed by atoms with Crippen LogP contribution < -0.4 is 5.32 Å². The highest BCUT2D eigenvalue weighted by atomic mass is 16.2. The number of hydrogen-bond donors (Lipinski definition) is 1. The summed E-state index contributed by atoms with van der Waals surface area (Å²) in [4.78, 5) is 17.3. The summed E-state index contributed by atoms with van der Waals surface area (Å²) < 4.78 is 1.92. The molecular formula is C16H27N5O. The lowest BCUT2D eigenvalue weighted by atomic mass is 10.1. The molecule has 3 aliphatic heterocycles. The van der Waals surface area contributed by atoms with Crippen LogP contribution in [0.25, 0.3) is 0 Å². The van der Waals surface area contributed by atoms with Gasteiger partial charge < -0.3 is 5.32 Å². The van der Waals surface area contributed by atoms with E-state index in [0.29, 0.717) is 11.7 Å². The van der Waals surface area contributed by atoms with Crippen molar-refractivity contribution in [1.29, 1.82) is 0 Å². The Morgan fingerprint density at radius 1 is 1.36 bits per heavy atom. The molecule has 0 spiro atoms. The van der Waals surface area contributed by atoms with Crippen LogP contribution in [0.1, 0.15) is 26.7 Å². The van der Waals surface area contributed by atoms with E-state index in [9.17, 15) is 4.79 Å². The van der Waals surface area contributed by atoms with Gasteiger partial charge in [-0.15, -0.1) is 0 Å². The van der Waals surface area contributed by atoms with E-state index in [1.54, 1.807) is 0 Å². The molecule has 0 saturated carbocycles. The quantitative estimate of drug-likeness (QED) is 0.890.